The van der Waals surface area contributed by atoms with E-state index >= 15 is 0 Å². The Kier molecular flexibility index (Phi) is 6.24. The maximum atomic E-state index is 11.9. The molecule has 0 radical (unpaired) electrons. The second-order valence-corrected chi connectivity index (χ2v) is 6.77. The van der Waals surface area contributed by atoms with Crippen LogP contribution in [0.25, 0.3) is 0 Å². The van der Waals surface area contributed by atoms with Crippen LogP contribution in [0.3, 0.4) is 0 Å². The van der Waals surface area contributed by atoms with Crippen molar-refractivity contribution in [2.45, 2.75) is 38.9 Å². The van der Waals surface area contributed by atoms with Gasteiger partial charge in [0.25, 0.3) is 0 Å². The molecule has 0 aliphatic carbocycles. The summed E-state index contributed by atoms with van der Waals surface area (Å²) in [6.45, 7) is 7.43. The van der Waals surface area contributed by atoms with Gasteiger partial charge in [0.1, 0.15) is 6.10 Å². The first-order valence-corrected chi connectivity index (χ1v) is 8.39. The number of hydrogen-bond donors (Lipinski definition) is 2. The van der Waals surface area contributed by atoms with E-state index in [1.165, 1.54) is 0 Å². The van der Waals surface area contributed by atoms with Crippen molar-refractivity contribution in [2.75, 3.05) is 46.9 Å². The predicted molar refractivity (Wildman–Crippen MR) is 89.5 cm³/mol. The summed E-state index contributed by atoms with van der Waals surface area (Å²) >= 11 is 0. The van der Waals surface area contributed by atoms with Crippen LogP contribution in [-0.4, -0.2) is 75.9 Å². The summed E-state index contributed by atoms with van der Waals surface area (Å²) in [6.07, 6.45) is 2.46. The Balaban J connectivity index is 1.91. The Labute approximate surface area is 138 Å². The molecule has 2 saturated heterocycles. The monoisotopic (exact) mass is 326 g/mol. The molecule has 2 atom stereocenters. The van der Waals surface area contributed by atoms with E-state index in [1.807, 2.05) is 13.8 Å². The number of rotatable bonds is 4. The van der Waals surface area contributed by atoms with Gasteiger partial charge in [0.2, 0.25) is 5.91 Å². The van der Waals surface area contributed by atoms with Crippen LogP contribution >= 0.6 is 0 Å². The second kappa shape index (κ2) is 7.97. The summed E-state index contributed by atoms with van der Waals surface area (Å²) < 4.78 is 11.6. The van der Waals surface area contributed by atoms with Crippen molar-refractivity contribution in [3.63, 3.8) is 0 Å². The van der Waals surface area contributed by atoms with Crippen LogP contribution in [0.5, 0.6) is 0 Å². The largest absolute Gasteiger partial charge is 0.375 e. The quantitative estimate of drug-likeness (QED) is 0.571. The third-order valence-corrected chi connectivity index (χ3v) is 4.51. The molecule has 0 aromatic carbocycles. The molecule has 2 N–H and O–H groups in total. The number of aliphatic imine (C=N–C) groups is 1. The maximum absolute atomic E-state index is 11.9. The minimum Gasteiger partial charge on any atom is -0.375 e. The number of nitrogens with zero attached hydrogens (tertiary/aromatic N) is 2. The molecular weight excluding hydrogens is 296 g/mol. The Hall–Kier alpha value is -1.34. The Bertz CT molecular complexity index is 433. The van der Waals surface area contributed by atoms with Crippen molar-refractivity contribution in [2.24, 2.45) is 10.4 Å². The van der Waals surface area contributed by atoms with E-state index in [9.17, 15) is 4.79 Å². The molecule has 7 heteroatoms. The van der Waals surface area contributed by atoms with Gasteiger partial charge in [-0.2, -0.15) is 0 Å². The fourth-order valence-electron chi connectivity index (χ4n) is 3.04. The van der Waals surface area contributed by atoms with Gasteiger partial charge in [-0.05, 0) is 26.7 Å². The van der Waals surface area contributed by atoms with Crippen LogP contribution in [0.15, 0.2) is 4.99 Å². The van der Waals surface area contributed by atoms with Crippen molar-refractivity contribution >= 4 is 11.9 Å². The number of morpholine rings is 1. The van der Waals surface area contributed by atoms with E-state index in [2.05, 4.69) is 20.5 Å². The molecule has 2 unspecified atom stereocenters. The van der Waals surface area contributed by atoms with Gasteiger partial charge in [-0.3, -0.25) is 9.79 Å². The van der Waals surface area contributed by atoms with Crippen LogP contribution < -0.4 is 10.6 Å². The summed E-state index contributed by atoms with van der Waals surface area (Å²) in [5.74, 6) is 0.827. The summed E-state index contributed by atoms with van der Waals surface area (Å²) in [5.41, 5.74) is -0.495. The van der Waals surface area contributed by atoms with Gasteiger partial charge in [0.15, 0.2) is 5.96 Å². The van der Waals surface area contributed by atoms with E-state index in [0.29, 0.717) is 13.2 Å². The molecule has 1 amide bonds. The molecule has 0 aromatic heterocycles. The third kappa shape index (κ3) is 4.57. The van der Waals surface area contributed by atoms with Gasteiger partial charge in [-0.15, -0.1) is 0 Å². The fraction of sp³-hybridized carbons (Fsp3) is 0.875. The van der Waals surface area contributed by atoms with Crippen LogP contribution in [0, 0.1) is 5.41 Å². The van der Waals surface area contributed by atoms with E-state index in [0.717, 1.165) is 38.5 Å². The number of carbonyl (C=O) groups is 1. The number of carbonyl (C=O) groups excluding carboxylic acids is 1. The number of amides is 1. The first-order chi connectivity index (χ1) is 11.0. The SMILES string of the molecule is CN=C(NCC(C)(C)C(=O)NC)N1CCOC(C2CCCO2)C1. The van der Waals surface area contributed by atoms with E-state index in [1.54, 1.807) is 14.1 Å². The van der Waals surface area contributed by atoms with Crippen molar-refractivity contribution in [3.8, 4) is 0 Å². The first-order valence-electron chi connectivity index (χ1n) is 8.39. The van der Waals surface area contributed by atoms with Crippen LogP contribution in [0.4, 0.5) is 0 Å². The number of ether oxygens (including phenoxy) is 2. The third-order valence-electron chi connectivity index (χ3n) is 4.51. The van der Waals surface area contributed by atoms with Gasteiger partial charge in [0, 0.05) is 40.3 Å². The van der Waals surface area contributed by atoms with Crippen molar-refractivity contribution < 1.29 is 14.3 Å². The van der Waals surface area contributed by atoms with Gasteiger partial charge < -0.3 is 25.0 Å². The van der Waals surface area contributed by atoms with Crippen LogP contribution in [-0.2, 0) is 14.3 Å². The highest BCUT2D eigenvalue weighted by Gasteiger charge is 2.33. The van der Waals surface area contributed by atoms with Crippen LogP contribution in [0.1, 0.15) is 26.7 Å². The molecular formula is C16H30N4O3. The number of guanidine groups is 1. The summed E-state index contributed by atoms with van der Waals surface area (Å²) in [6, 6.07) is 0. The average Bonchev–Trinajstić information content (AvgIpc) is 3.09. The molecule has 0 bridgehead atoms. The van der Waals surface area contributed by atoms with Crippen molar-refractivity contribution in [1.29, 1.82) is 0 Å². The molecule has 23 heavy (non-hydrogen) atoms. The zero-order chi connectivity index (χ0) is 16.9. The highest BCUT2D eigenvalue weighted by molar-refractivity contribution is 5.84. The maximum Gasteiger partial charge on any atom is 0.227 e. The van der Waals surface area contributed by atoms with E-state index in [4.69, 9.17) is 9.47 Å². The standard InChI is InChI=1S/C16H30N4O3/c1-16(2,14(21)17-3)11-19-15(18-4)20-7-9-23-13(10-20)12-6-5-8-22-12/h12-13H,5-11H2,1-4H3,(H,17,21)(H,18,19). The highest BCUT2D eigenvalue weighted by atomic mass is 16.5. The van der Waals surface area contributed by atoms with Gasteiger partial charge in [-0.25, -0.2) is 0 Å². The average molecular weight is 326 g/mol. The predicted octanol–water partition coefficient (Wildman–Crippen LogP) is 0.214. The normalized spacial score (nSPS) is 26.3. The first kappa shape index (κ1) is 18.0. The Morgan fingerprint density at radius 1 is 1.30 bits per heavy atom. The molecule has 0 saturated carbocycles. The number of hydrogen-bond acceptors (Lipinski definition) is 4. The lowest BCUT2D eigenvalue weighted by Crippen LogP contribution is -2.55. The minimum atomic E-state index is -0.495. The van der Waals surface area contributed by atoms with E-state index < -0.39 is 5.41 Å². The minimum absolute atomic E-state index is 0.0136. The molecule has 0 spiro atoms. The zero-order valence-electron chi connectivity index (χ0n) is 14.7. The Morgan fingerprint density at radius 2 is 2.04 bits per heavy atom. The zero-order valence-corrected chi connectivity index (χ0v) is 14.7. The molecule has 2 heterocycles. The summed E-state index contributed by atoms with van der Waals surface area (Å²) in [7, 11) is 3.43. The summed E-state index contributed by atoms with van der Waals surface area (Å²) in [5, 5.41) is 6.03. The van der Waals surface area contributed by atoms with Crippen molar-refractivity contribution in [3.05, 3.63) is 0 Å². The molecule has 2 rings (SSSR count). The molecule has 0 aromatic rings. The van der Waals surface area contributed by atoms with Gasteiger partial charge >= 0.3 is 0 Å². The topological polar surface area (TPSA) is 75.2 Å². The van der Waals surface area contributed by atoms with Gasteiger partial charge in [0.05, 0.1) is 18.1 Å². The number of nitrogens with one attached hydrogen (secondary N) is 2. The lowest BCUT2D eigenvalue weighted by molar-refractivity contribution is -0.128. The fourth-order valence-corrected chi connectivity index (χ4v) is 3.04. The Morgan fingerprint density at radius 3 is 2.65 bits per heavy atom. The lowest BCUT2D eigenvalue weighted by atomic mass is 9.92. The molecule has 7 nitrogen and oxygen atoms in total. The smallest absolute Gasteiger partial charge is 0.227 e. The highest BCUT2D eigenvalue weighted by Crippen LogP contribution is 2.21. The molecule has 2 aliphatic heterocycles. The van der Waals surface area contributed by atoms with Crippen LogP contribution in [0.2, 0.25) is 0 Å². The molecule has 2 fully saturated rings. The lowest BCUT2D eigenvalue weighted by Gasteiger charge is -2.37. The van der Waals surface area contributed by atoms with Gasteiger partial charge in [-0.1, -0.05) is 0 Å². The molecule has 132 valence electrons. The summed E-state index contributed by atoms with van der Waals surface area (Å²) in [4.78, 5) is 18.5. The van der Waals surface area contributed by atoms with E-state index in [-0.39, 0.29) is 18.1 Å². The second-order valence-electron chi connectivity index (χ2n) is 6.77. The van der Waals surface area contributed by atoms with Crippen molar-refractivity contribution in [1.82, 2.24) is 15.5 Å². The molecule has 2 aliphatic rings.